The van der Waals surface area contributed by atoms with Crippen molar-refractivity contribution in [2.45, 2.75) is 26.3 Å². The molecule has 3 nitrogen and oxygen atoms in total. The van der Waals surface area contributed by atoms with Gasteiger partial charge in [0, 0.05) is 18.3 Å². The highest BCUT2D eigenvalue weighted by atomic mass is 15.3. The van der Waals surface area contributed by atoms with Gasteiger partial charge in [0.05, 0.1) is 0 Å². The molecule has 62 valence electrons. The van der Waals surface area contributed by atoms with Crippen molar-refractivity contribution >= 4 is 0 Å². The summed E-state index contributed by atoms with van der Waals surface area (Å²) in [6.07, 6.45) is 4.60. The highest BCUT2D eigenvalue weighted by Gasteiger charge is 2.22. The van der Waals surface area contributed by atoms with Crippen LogP contribution in [0.1, 0.15) is 24.1 Å². The first-order valence-electron chi connectivity index (χ1n) is 4.24. The van der Waals surface area contributed by atoms with Crippen molar-refractivity contribution in [1.29, 1.82) is 5.26 Å². The van der Waals surface area contributed by atoms with Gasteiger partial charge in [0.1, 0.15) is 6.07 Å². The van der Waals surface area contributed by atoms with Crippen molar-refractivity contribution in [3.8, 4) is 6.07 Å². The number of hydrogen-bond acceptors (Lipinski definition) is 2. The molecule has 1 saturated carbocycles. The molecule has 2 rings (SSSR count). The lowest BCUT2D eigenvalue weighted by Gasteiger charge is -1.95. The Morgan fingerprint density at radius 2 is 2.50 bits per heavy atom. The van der Waals surface area contributed by atoms with E-state index in [4.69, 9.17) is 5.26 Å². The van der Waals surface area contributed by atoms with E-state index >= 15 is 0 Å². The Hall–Kier alpha value is -1.30. The fourth-order valence-corrected chi connectivity index (χ4v) is 1.29. The smallest absolute Gasteiger partial charge is 0.165 e. The van der Waals surface area contributed by atoms with Crippen molar-refractivity contribution < 1.29 is 0 Å². The van der Waals surface area contributed by atoms with Gasteiger partial charge in [-0.05, 0) is 25.7 Å². The van der Waals surface area contributed by atoms with E-state index in [9.17, 15) is 0 Å². The van der Waals surface area contributed by atoms with E-state index < -0.39 is 0 Å². The molecule has 0 spiro atoms. The minimum Gasteiger partial charge on any atom is -0.271 e. The number of aromatic nitrogens is 2. The summed E-state index contributed by atoms with van der Waals surface area (Å²) in [6.45, 7) is 2.91. The Morgan fingerprint density at radius 1 is 1.75 bits per heavy atom. The zero-order valence-corrected chi connectivity index (χ0v) is 7.12. The van der Waals surface area contributed by atoms with E-state index in [1.54, 1.807) is 0 Å². The van der Waals surface area contributed by atoms with Gasteiger partial charge in [0.25, 0.3) is 0 Å². The topological polar surface area (TPSA) is 41.6 Å². The molecule has 12 heavy (non-hydrogen) atoms. The van der Waals surface area contributed by atoms with Gasteiger partial charge in [-0.3, -0.25) is 4.68 Å². The second-order valence-corrected chi connectivity index (χ2v) is 3.44. The van der Waals surface area contributed by atoms with Gasteiger partial charge in [-0.25, -0.2) is 0 Å². The zero-order chi connectivity index (χ0) is 8.55. The van der Waals surface area contributed by atoms with Crippen LogP contribution in [0.2, 0.25) is 0 Å². The Kier molecular flexibility index (Phi) is 1.61. The SMILES string of the molecule is Cc1cn(CC2CC2)nc1C#N. The van der Waals surface area contributed by atoms with Crippen LogP contribution >= 0.6 is 0 Å². The van der Waals surface area contributed by atoms with Crippen LogP contribution in [-0.2, 0) is 6.54 Å². The van der Waals surface area contributed by atoms with E-state index in [1.807, 2.05) is 17.8 Å². The van der Waals surface area contributed by atoms with Gasteiger partial charge in [-0.2, -0.15) is 10.4 Å². The Balaban J connectivity index is 2.16. The van der Waals surface area contributed by atoms with Crippen molar-refractivity contribution in [3.63, 3.8) is 0 Å². The monoisotopic (exact) mass is 161 g/mol. The molecule has 0 bridgehead atoms. The van der Waals surface area contributed by atoms with Gasteiger partial charge < -0.3 is 0 Å². The maximum atomic E-state index is 8.66. The Labute approximate surface area is 71.6 Å². The maximum Gasteiger partial charge on any atom is 0.165 e. The average molecular weight is 161 g/mol. The lowest BCUT2D eigenvalue weighted by Crippen LogP contribution is -1.99. The number of aryl methyl sites for hydroxylation is 1. The van der Waals surface area contributed by atoms with Crippen LogP contribution in [0.3, 0.4) is 0 Å². The lowest BCUT2D eigenvalue weighted by molar-refractivity contribution is 0.561. The van der Waals surface area contributed by atoms with Crippen molar-refractivity contribution in [1.82, 2.24) is 9.78 Å². The van der Waals surface area contributed by atoms with Gasteiger partial charge in [-0.1, -0.05) is 0 Å². The Bertz CT molecular complexity index is 328. The van der Waals surface area contributed by atoms with Crippen LogP contribution in [0, 0.1) is 24.2 Å². The molecule has 0 saturated heterocycles. The predicted octanol–water partition coefficient (Wildman–Crippen LogP) is 1.47. The highest BCUT2D eigenvalue weighted by molar-refractivity contribution is 5.27. The van der Waals surface area contributed by atoms with Crippen LogP contribution < -0.4 is 0 Å². The highest BCUT2D eigenvalue weighted by Crippen LogP contribution is 2.30. The molecule has 1 heterocycles. The fraction of sp³-hybridized carbons (Fsp3) is 0.556. The molecule has 1 aliphatic rings. The van der Waals surface area contributed by atoms with E-state index in [0.717, 1.165) is 18.0 Å². The van der Waals surface area contributed by atoms with Gasteiger partial charge in [0.15, 0.2) is 5.69 Å². The molecule has 1 aromatic heterocycles. The predicted molar refractivity (Wildman–Crippen MR) is 44.4 cm³/mol. The number of hydrogen-bond donors (Lipinski definition) is 0. The summed E-state index contributed by atoms with van der Waals surface area (Å²) in [6, 6.07) is 2.08. The van der Waals surface area contributed by atoms with Crippen LogP contribution in [0.15, 0.2) is 6.20 Å². The molecule has 0 atom stereocenters. The molecule has 0 radical (unpaired) electrons. The van der Waals surface area contributed by atoms with Gasteiger partial charge in [0.2, 0.25) is 0 Å². The van der Waals surface area contributed by atoms with Crippen molar-refractivity contribution in [2.24, 2.45) is 5.92 Å². The molecular weight excluding hydrogens is 150 g/mol. The normalized spacial score (nSPS) is 16.0. The summed E-state index contributed by atoms with van der Waals surface area (Å²) < 4.78 is 1.89. The maximum absolute atomic E-state index is 8.66. The summed E-state index contributed by atoms with van der Waals surface area (Å²) in [5.74, 6) is 0.816. The number of nitrogens with zero attached hydrogens (tertiary/aromatic N) is 3. The molecule has 0 aliphatic heterocycles. The van der Waals surface area contributed by atoms with Gasteiger partial charge in [-0.15, -0.1) is 0 Å². The van der Waals surface area contributed by atoms with E-state index in [1.165, 1.54) is 12.8 Å². The van der Waals surface area contributed by atoms with E-state index in [0.29, 0.717) is 5.69 Å². The zero-order valence-electron chi connectivity index (χ0n) is 7.12. The summed E-state index contributed by atoms with van der Waals surface area (Å²) >= 11 is 0. The first-order chi connectivity index (χ1) is 5.79. The summed E-state index contributed by atoms with van der Waals surface area (Å²) in [4.78, 5) is 0. The van der Waals surface area contributed by atoms with E-state index in [2.05, 4.69) is 11.2 Å². The minimum absolute atomic E-state index is 0.565. The molecule has 1 aliphatic carbocycles. The quantitative estimate of drug-likeness (QED) is 0.659. The third-order valence-corrected chi connectivity index (χ3v) is 2.19. The third kappa shape index (κ3) is 1.33. The summed E-state index contributed by atoms with van der Waals surface area (Å²) in [5, 5.41) is 12.8. The largest absolute Gasteiger partial charge is 0.271 e. The molecular formula is C9H11N3. The third-order valence-electron chi connectivity index (χ3n) is 2.19. The van der Waals surface area contributed by atoms with E-state index in [-0.39, 0.29) is 0 Å². The van der Waals surface area contributed by atoms with Gasteiger partial charge >= 0.3 is 0 Å². The lowest BCUT2D eigenvalue weighted by atomic mass is 10.3. The molecule has 0 N–H and O–H groups in total. The average Bonchev–Trinajstić information content (AvgIpc) is 2.76. The van der Waals surface area contributed by atoms with Crippen LogP contribution in [-0.4, -0.2) is 9.78 Å². The Morgan fingerprint density at radius 3 is 3.00 bits per heavy atom. The number of nitriles is 1. The van der Waals surface area contributed by atoms with Crippen LogP contribution in [0.5, 0.6) is 0 Å². The first-order valence-corrected chi connectivity index (χ1v) is 4.24. The molecule has 0 aromatic carbocycles. The molecule has 1 aromatic rings. The first kappa shape index (κ1) is 7.35. The molecule has 3 heteroatoms. The molecule has 0 amide bonds. The van der Waals surface area contributed by atoms with Crippen LogP contribution in [0.25, 0.3) is 0 Å². The fourth-order valence-electron chi connectivity index (χ4n) is 1.29. The van der Waals surface area contributed by atoms with Crippen molar-refractivity contribution in [3.05, 3.63) is 17.5 Å². The summed E-state index contributed by atoms with van der Waals surface area (Å²) in [5.41, 5.74) is 1.55. The van der Waals surface area contributed by atoms with Crippen LogP contribution in [0.4, 0.5) is 0 Å². The summed E-state index contributed by atoms with van der Waals surface area (Å²) in [7, 11) is 0. The standard InChI is InChI=1S/C9H11N3/c1-7-5-12(6-8-2-3-8)11-9(7)4-10/h5,8H,2-3,6H2,1H3. The second kappa shape index (κ2) is 2.63. The molecule has 1 fully saturated rings. The minimum atomic E-state index is 0.565. The number of rotatable bonds is 2. The molecule has 0 unspecified atom stereocenters. The van der Waals surface area contributed by atoms with Crippen molar-refractivity contribution in [2.75, 3.05) is 0 Å². The second-order valence-electron chi connectivity index (χ2n) is 3.44.